The first-order valence-corrected chi connectivity index (χ1v) is 8.64. The molecule has 0 unspecified atom stereocenters. The Bertz CT molecular complexity index is 717. The molecule has 0 amide bonds. The average molecular weight is 311 g/mol. The van der Waals surface area contributed by atoms with Crippen LogP contribution in [0, 0.1) is 13.8 Å². The minimum absolute atomic E-state index is 0.429. The van der Waals surface area contributed by atoms with Crippen molar-refractivity contribution in [1.29, 1.82) is 0 Å². The van der Waals surface area contributed by atoms with Gasteiger partial charge in [0.25, 0.3) is 0 Å². The summed E-state index contributed by atoms with van der Waals surface area (Å²) in [5, 5.41) is 10.6. The smallest absolute Gasteiger partial charge is 0.0954 e. The third kappa shape index (κ3) is 2.93. The highest BCUT2D eigenvalue weighted by molar-refractivity contribution is 5.31. The number of rotatable bonds is 4. The SMILES string of the molecule is Cc1ccc([C@H](O)CN2CCc3c(ncn3C3CC3)C2)cc1C. The summed E-state index contributed by atoms with van der Waals surface area (Å²) in [5.74, 6) is 0. The molecule has 1 aromatic carbocycles. The van der Waals surface area contributed by atoms with Gasteiger partial charge in [0, 0.05) is 37.8 Å². The Hall–Kier alpha value is -1.65. The van der Waals surface area contributed by atoms with E-state index in [9.17, 15) is 5.11 Å². The lowest BCUT2D eigenvalue weighted by Crippen LogP contribution is -2.34. The van der Waals surface area contributed by atoms with Crippen molar-refractivity contribution >= 4 is 0 Å². The number of β-amino-alcohol motifs (C(OH)–C–C–N with tert-alkyl or cyclic N) is 1. The fraction of sp³-hybridized carbons (Fsp3) is 0.526. The van der Waals surface area contributed by atoms with Gasteiger partial charge in [0.15, 0.2) is 0 Å². The van der Waals surface area contributed by atoms with E-state index >= 15 is 0 Å². The Morgan fingerprint density at radius 1 is 1.26 bits per heavy atom. The summed E-state index contributed by atoms with van der Waals surface area (Å²) in [6.45, 7) is 6.75. The Morgan fingerprint density at radius 2 is 2.09 bits per heavy atom. The molecule has 1 atom stereocenters. The van der Waals surface area contributed by atoms with E-state index in [0.717, 1.165) is 25.1 Å². The highest BCUT2D eigenvalue weighted by Gasteiger charge is 2.30. The van der Waals surface area contributed by atoms with Crippen molar-refractivity contribution < 1.29 is 5.11 Å². The lowest BCUT2D eigenvalue weighted by atomic mass is 10.0. The molecular weight excluding hydrogens is 286 g/mol. The first-order chi connectivity index (χ1) is 11.1. The van der Waals surface area contributed by atoms with Gasteiger partial charge in [-0.1, -0.05) is 18.2 Å². The molecule has 2 heterocycles. The van der Waals surface area contributed by atoms with E-state index in [0.29, 0.717) is 12.6 Å². The summed E-state index contributed by atoms with van der Waals surface area (Å²) in [6, 6.07) is 6.96. The maximum absolute atomic E-state index is 10.6. The number of fused-ring (bicyclic) bond motifs is 1. The first-order valence-electron chi connectivity index (χ1n) is 8.64. The summed E-state index contributed by atoms with van der Waals surface area (Å²) >= 11 is 0. The molecule has 23 heavy (non-hydrogen) atoms. The molecule has 122 valence electrons. The predicted octanol–water partition coefficient (Wildman–Crippen LogP) is 2.93. The fourth-order valence-electron chi connectivity index (χ4n) is 3.53. The molecule has 0 saturated heterocycles. The van der Waals surface area contributed by atoms with Crippen LogP contribution >= 0.6 is 0 Å². The Kier molecular flexibility index (Phi) is 3.74. The molecule has 1 N–H and O–H groups in total. The van der Waals surface area contributed by atoms with Crippen LogP contribution in [0.15, 0.2) is 24.5 Å². The molecule has 0 bridgehead atoms. The molecule has 1 aliphatic heterocycles. The summed E-state index contributed by atoms with van der Waals surface area (Å²) < 4.78 is 2.38. The first kappa shape index (κ1) is 14.9. The van der Waals surface area contributed by atoms with Crippen molar-refractivity contribution in [1.82, 2.24) is 14.5 Å². The number of aliphatic hydroxyl groups excluding tert-OH is 1. The van der Waals surface area contributed by atoms with Crippen molar-refractivity contribution in [3.05, 3.63) is 52.6 Å². The molecule has 4 rings (SSSR count). The second-order valence-corrected chi connectivity index (χ2v) is 7.12. The van der Waals surface area contributed by atoms with Crippen LogP contribution in [0.4, 0.5) is 0 Å². The molecule has 1 fully saturated rings. The number of hydrogen-bond acceptors (Lipinski definition) is 3. The zero-order chi connectivity index (χ0) is 16.0. The third-order valence-corrected chi connectivity index (χ3v) is 5.31. The van der Waals surface area contributed by atoms with Gasteiger partial charge in [-0.3, -0.25) is 4.90 Å². The molecule has 0 radical (unpaired) electrons. The minimum atomic E-state index is -0.429. The largest absolute Gasteiger partial charge is 0.387 e. The molecule has 4 heteroatoms. The summed E-state index contributed by atoms with van der Waals surface area (Å²) in [4.78, 5) is 6.94. The molecule has 1 aliphatic carbocycles. The van der Waals surface area contributed by atoms with E-state index in [1.165, 1.54) is 35.4 Å². The van der Waals surface area contributed by atoms with Gasteiger partial charge in [0.1, 0.15) is 0 Å². The minimum Gasteiger partial charge on any atom is -0.387 e. The lowest BCUT2D eigenvalue weighted by molar-refractivity contribution is 0.104. The maximum atomic E-state index is 10.6. The number of aliphatic hydroxyl groups is 1. The van der Waals surface area contributed by atoms with Gasteiger partial charge in [-0.25, -0.2) is 4.98 Å². The maximum Gasteiger partial charge on any atom is 0.0954 e. The van der Waals surface area contributed by atoms with E-state index in [2.05, 4.69) is 40.4 Å². The number of benzene rings is 1. The third-order valence-electron chi connectivity index (χ3n) is 5.31. The normalized spacial score (nSPS) is 19.6. The molecular formula is C19H25N3O. The van der Waals surface area contributed by atoms with Gasteiger partial charge in [0.2, 0.25) is 0 Å². The van der Waals surface area contributed by atoms with Gasteiger partial charge in [-0.15, -0.1) is 0 Å². The summed E-state index contributed by atoms with van der Waals surface area (Å²) in [6.07, 6.45) is 5.24. The van der Waals surface area contributed by atoms with Crippen LogP contribution in [0.1, 0.15) is 53.1 Å². The highest BCUT2D eigenvalue weighted by Crippen LogP contribution is 2.37. The predicted molar refractivity (Wildman–Crippen MR) is 90.4 cm³/mol. The van der Waals surface area contributed by atoms with Crippen LogP contribution in [-0.4, -0.2) is 32.6 Å². The zero-order valence-corrected chi connectivity index (χ0v) is 14.0. The Labute approximate surface area is 137 Å². The van der Waals surface area contributed by atoms with Crippen LogP contribution in [-0.2, 0) is 13.0 Å². The van der Waals surface area contributed by atoms with Crippen molar-refractivity contribution in [2.24, 2.45) is 0 Å². The molecule has 1 aromatic heterocycles. The second kappa shape index (κ2) is 5.77. The van der Waals surface area contributed by atoms with Crippen molar-refractivity contribution in [2.75, 3.05) is 13.1 Å². The quantitative estimate of drug-likeness (QED) is 0.944. The van der Waals surface area contributed by atoms with Crippen LogP contribution < -0.4 is 0 Å². The van der Waals surface area contributed by atoms with Crippen molar-refractivity contribution in [3.63, 3.8) is 0 Å². The highest BCUT2D eigenvalue weighted by atomic mass is 16.3. The van der Waals surface area contributed by atoms with E-state index in [4.69, 9.17) is 0 Å². The fourth-order valence-corrected chi connectivity index (χ4v) is 3.53. The molecule has 2 aliphatic rings. The number of nitrogens with zero attached hydrogens (tertiary/aromatic N) is 3. The van der Waals surface area contributed by atoms with Crippen LogP contribution in [0.5, 0.6) is 0 Å². The van der Waals surface area contributed by atoms with Crippen molar-refractivity contribution in [2.45, 2.75) is 51.8 Å². The average Bonchev–Trinajstić information content (AvgIpc) is 3.30. The zero-order valence-electron chi connectivity index (χ0n) is 14.0. The lowest BCUT2D eigenvalue weighted by Gasteiger charge is -2.29. The number of hydrogen-bond donors (Lipinski definition) is 1. The molecule has 1 saturated carbocycles. The topological polar surface area (TPSA) is 41.3 Å². The summed E-state index contributed by atoms with van der Waals surface area (Å²) in [7, 11) is 0. The summed E-state index contributed by atoms with van der Waals surface area (Å²) in [5.41, 5.74) is 6.15. The van der Waals surface area contributed by atoms with Crippen LogP contribution in [0.3, 0.4) is 0 Å². The molecule has 4 nitrogen and oxygen atoms in total. The van der Waals surface area contributed by atoms with Crippen molar-refractivity contribution in [3.8, 4) is 0 Å². The van der Waals surface area contributed by atoms with E-state index in [-0.39, 0.29) is 0 Å². The van der Waals surface area contributed by atoms with Gasteiger partial charge >= 0.3 is 0 Å². The Morgan fingerprint density at radius 3 is 2.83 bits per heavy atom. The Balaban J connectivity index is 1.44. The standard InChI is InChI=1S/C19H25N3O/c1-13-3-4-15(9-14(13)2)19(23)11-21-8-7-18-17(10-21)20-12-22(18)16-5-6-16/h3-4,9,12,16,19,23H,5-8,10-11H2,1-2H3/t19-/m1/s1. The van der Waals surface area contributed by atoms with Gasteiger partial charge < -0.3 is 9.67 Å². The molecule has 0 spiro atoms. The van der Waals surface area contributed by atoms with Crippen LogP contribution in [0.25, 0.3) is 0 Å². The van der Waals surface area contributed by atoms with E-state index < -0.39 is 6.10 Å². The second-order valence-electron chi connectivity index (χ2n) is 7.12. The van der Waals surface area contributed by atoms with Crippen LogP contribution in [0.2, 0.25) is 0 Å². The van der Waals surface area contributed by atoms with Gasteiger partial charge in [-0.05, 0) is 43.4 Å². The van der Waals surface area contributed by atoms with E-state index in [1.807, 2.05) is 12.4 Å². The number of imidazole rings is 1. The van der Waals surface area contributed by atoms with Gasteiger partial charge in [0.05, 0.1) is 18.1 Å². The van der Waals surface area contributed by atoms with Gasteiger partial charge in [-0.2, -0.15) is 0 Å². The monoisotopic (exact) mass is 311 g/mol. The number of aromatic nitrogens is 2. The number of aryl methyl sites for hydroxylation is 2. The van der Waals surface area contributed by atoms with E-state index in [1.54, 1.807) is 0 Å². The molecule has 2 aromatic rings.